The molecule has 1 amide bonds. The summed E-state index contributed by atoms with van der Waals surface area (Å²) in [5, 5.41) is 2.75. The van der Waals surface area contributed by atoms with Gasteiger partial charge in [-0.3, -0.25) is 4.79 Å². The summed E-state index contributed by atoms with van der Waals surface area (Å²) in [5.74, 6) is 1.57. The summed E-state index contributed by atoms with van der Waals surface area (Å²) in [6.45, 7) is 4.33. The molecule has 7 nitrogen and oxygen atoms in total. The Balaban J connectivity index is 1.77. The van der Waals surface area contributed by atoms with E-state index >= 15 is 0 Å². The van der Waals surface area contributed by atoms with E-state index in [-0.39, 0.29) is 17.5 Å². The minimum Gasteiger partial charge on any atom is -0.355 e. The molecule has 1 heterocycles. The lowest BCUT2D eigenvalue weighted by Gasteiger charge is -2.26. The molecule has 0 unspecified atom stereocenters. The number of imidazole rings is 1. The van der Waals surface area contributed by atoms with Gasteiger partial charge in [-0.15, -0.1) is 0 Å². The van der Waals surface area contributed by atoms with Gasteiger partial charge in [0.15, 0.2) is 5.03 Å². The second-order valence-corrected chi connectivity index (χ2v) is 8.21. The number of carbonyl (C=O) groups excluding carboxylic acids is 1. The highest BCUT2D eigenvalue weighted by Crippen LogP contribution is 2.27. The average molecular weight is 342 g/mol. The average Bonchev–Trinajstić information content (AvgIpc) is 2.85. The lowest BCUT2D eigenvalue weighted by molar-refractivity contribution is -0.120. The Morgan fingerprint density at radius 2 is 2.00 bits per heavy atom. The number of hydrogen-bond donors (Lipinski definition) is 2. The first-order valence-corrected chi connectivity index (χ1v) is 9.52. The third kappa shape index (κ3) is 5.04. The van der Waals surface area contributed by atoms with Crippen LogP contribution in [-0.2, 0) is 21.9 Å². The summed E-state index contributed by atoms with van der Waals surface area (Å²) < 4.78 is 28.1. The maximum atomic E-state index is 12.1. The summed E-state index contributed by atoms with van der Waals surface area (Å²) in [6.07, 6.45) is 6.08. The summed E-state index contributed by atoms with van der Waals surface area (Å²) in [5.41, 5.74) is 0. The van der Waals surface area contributed by atoms with Crippen molar-refractivity contribution in [2.24, 2.45) is 18.9 Å². The van der Waals surface area contributed by atoms with E-state index in [0.717, 1.165) is 18.8 Å². The van der Waals surface area contributed by atoms with Gasteiger partial charge in [0.25, 0.3) is 10.0 Å². The number of aromatic nitrogens is 2. The Labute approximate surface area is 137 Å². The van der Waals surface area contributed by atoms with Gasteiger partial charge in [-0.1, -0.05) is 19.8 Å². The van der Waals surface area contributed by atoms with Crippen LogP contribution in [0, 0.1) is 18.8 Å². The molecule has 23 heavy (non-hydrogen) atoms. The predicted molar refractivity (Wildman–Crippen MR) is 87.3 cm³/mol. The first-order valence-electron chi connectivity index (χ1n) is 8.04. The molecule has 1 aromatic heterocycles. The van der Waals surface area contributed by atoms with Crippen LogP contribution in [0.15, 0.2) is 11.2 Å². The van der Waals surface area contributed by atoms with E-state index in [4.69, 9.17) is 0 Å². The lowest BCUT2D eigenvalue weighted by atomic mass is 9.83. The van der Waals surface area contributed by atoms with E-state index in [1.807, 2.05) is 0 Å². The number of aryl methyl sites for hydroxylation is 2. The van der Waals surface area contributed by atoms with Crippen molar-refractivity contribution in [2.75, 3.05) is 13.1 Å². The highest BCUT2D eigenvalue weighted by atomic mass is 32.2. The van der Waals surface area contributed by atoms with E-state index < -0.39 is 10.0 Å². The van der Waals surface area contributed by atoms with Crippen LogP contribution in [0.2, 0.25) is 0 Å². The fourth-order valence-electron chi connectivity index (χ4n) is 2.74. The van der Waals surface area contributed by atoms with Gasteiger partial charge in [0.1, 0.15) is 5.82 Å². The van der Waals surface area contributed by atoms with Gasteiger partial charge in [0.2, 0.25) is 5.91 Å². The van der Waals surface area contributed by atoms with Crippen LogP contribution < -0.4 is 10.0 Å². The molecule has 0 aliphatic heterocycles. The quantitative estimate of drug-likeness (QED) is 0.805. The van der Waals surface area contributed by atoms with Crippen LogP contribution in [-0.4, -0.2) is 37.0 Å². The van der Waals surface area contributed by atoms with Gasteiger partial charge in [-0.05, 0) is 31.6 Å². The molecule has 130 valence electrons. The standard InChI is InChI=1S/C15H26N4O3S/c1-11-4-6-13(7-5-11)8-16-14(20)9-17-23(21,22)15-10-19(3)12(2)18-15/h10-11,13,17H,4-9H2,1-3H3,(H,16,20). The molecule has 1 aliphatic carbocycles. The Bertz CT molecular complexity index is 626. The molecule has 8 heteroatoms. The molecule has 0 spiro atoms. The van der Waals surface area contributed by atoms with E-state index in [9.17, 15) is 13.2 Å². The Morgan fingerprint density at radius 3 is 2.57 bits per heavy atom. The van der Waals surface area contributed by atoms with Gasteiger partial charge < -0.3 is 9.88 Å². The van der Waals surface area contributed by atoms with E-state index in [0.29, 0.717) is 18.3 Å². The lowest BCUT2D eigenvalue weighted by Crippen LogP contribution is -2.39. The normalized spacial score (nSPS) is 22.0. The van der Waals surface area contributed by atoms with Gasteiger partial charge in [0.05, 0.1) is 6.54 Å². The van der Waals surface area contributed by atoms with Crippen LogP contribution >= 0.6 is 0 Å². The Hall–Kier alpha value is -1.41. The first-order chi connectivity index (χ1) is 10.8. The monoisotopic (exact) mass is 342 g/mol. The fraction of sp³-hybridized carbons (Fsp3) is 0.733. The van der Waals surface area contributed by atoms with Crippen molar-refractivity contribution >= 4 is 15.9 Å². The summed E-state index contributed by atoms with van der Waals surface area (Å²) in [6, 6.07) is 0. The van der Waals surface area contributed by atoms with Crippen LogP contribution in [0.25, 0.3) is 0 Å². The third-order valence-corrected chi connectivity index (χ3v) is 5.78. The van der Waals surface area contributed by atoms with Gasteiger partial charge in [-0.2, -0.15) is 0 Å². The second kappa shape index (κ2) is 7.44. The summed E-state index contributed by atoms with van der Waals surface area (Å²) in [7, 11) is -2.03. The van der Waals surface area contributed by atoms with Crippen molar-refractivity contribution in [1.29, 1.82) is 0 Å². The van der Waals surface area contributed by atoms with E-state index in [1.54, 1.807) is 18.5 Å². The molecule has 2 rings (SSSR count). The molecule has 0 atom stereocenters. The molecular weight excluding hydrogens is 316 g/mol. The summed E-state index contributed by atoms with van der Waals surface area (Å²) >= 11 is 0. The van der Waals surface area contributed by atoms with Crippen LogP contribution in [0.3, 0.4) is 0 Å². The van der Waals surface area contributed by atoms with Crippen molar-refractivity contribution in [2.45, 2.75) is 44.6 Å². The van der Waals surface area contributed by atoms with Crippen molar-refractivity contribution in [3.63, 3.8) is 0 Å². The molecule has 1 aliphatic rings. The molecule has 0 saturated heterocycles. The van der Waals surface area contributed by atoms with E-state index in [2.05, 4.69) is 21.9 Å². The zero-order valence-corrected chi connectivity index (χ0v) is 14.8. The molecular formula is C15H26N4O3S. The van der Waals surface area contributed by atoms with Crippen LogP contribution in [0.1, 0.15) is 38.4 Å². The zero-order chi connectivity index (χ0) is 17.0. The van der Waals surface area contributed by atoms with E-state index in [1.165, 1.54) is 19.0 Å². The highest BCUT2D eigenvalue weighted by Gasteiger charge is 2.21. The smallest absolute Gasteiger partial charge is 0.260 e. The van der Waals surface area contributed by atoms with Gasteiger partial charge in [0, 0.05) is 19.8 Å². The largest absolute Gasteiger partial charge is 0.355 e. The van der Waals surface area contributed by atoms with Crippen LogP contribution in [0.5, 0.6) is 0 Å². The fourth-order valence-corrected chi connectivity index (χ4v) is 3.76. The van der Waals surface area contributed by atoms with Crippen molar-refractivity contribution in [3.8, 4) is 0 Å². The van der Waals surface area contributed by atoms with Crippen molar-refractivity contribution in [3.05, 3.63) is 12.0 Å². The van der Waals surface area contributed by atoms with Crippen molar-refractivity contribution in [1.82, 2.24) is 19.6 Å². The molecule has 0 aromatic carbocycles. The maximum Gasteiger partial charge on any atom is 0.260 e. The van der Waals surface area contributed by atoms with Crippen molar-refractivity contribution < 1.29 is 13.2 Å². The SMILES string of the molecule is Cc1nc(S(=O)(=O)NCC(=O)NCC2CCC(C)CC2)cn1C. The number of amides is 1. The molecule has 2 N–H and O–H groups in total. The predicted octanol–water partition coefficient (Wildman–Crippen LogP) is 0.949. The Morgan fingerprint density at radius 1 is 1.35 bits per heavy atom. The number of nitrogens with one attached hydrogen (secondary N) is 2. The van der Waals surface area contributed by atoms with Gasteiger partial charge in [-0.25, -0.2) is 18.1 Å². The molecule has 1 aromatic rings. The number of hydrogen-bond acceptors (Lipinski definition) is 4. The number of carbonyl (C=O) groups is 1. The Kier molecular flexibility index (Phi) is 5.80. The second-order valence-electron chi connectivity index (χ2n) is 6.49. The topological polar surface area (TPSA) is 93.1 Å². The first kappa shape index (κ1) is 17.9. The number of sulfonamides is 1. The minimum absolute atomic E-state index is 0.0634. The molecule has 1 saturated carbocycles. The molecule has 1 fully saturated rings. The number of nitrogens with zero attached hydrogens (tertiary/aromatic N) is 2. The highest BCUT2D eigenvalue weighted by molar-refractivity contribution is 7.89. The summed E-state index contributed by atoms with van der Waals surface area (Å²) in [4.78, 5) is 15.8. The van der Waals surface area contributed by atoms with Gasteiger partial charge >= 0.3 is 0 Å². The zero-order valence-electron chi connectivity index (χ0n) is 14.0. The molecule has 0 bridgehead atoms. The van der Waals surface area contributed by atoms with Crippen LogP contribution in [0.4, 0.5) is 0 Å². The third-order valence-electron chi connectivity index (χ3n) is 4.51. The maximum absolute atomic E-state index is 12.1. The number of rotatable bonds is 6. The minimum atomic E-state index is -3.75. The molecule has 0 radical (unpaired) electrons.